The molecule has 2 N–H and O–H groups in total. The fraction of sp³-hybridized carbons (Fsp3) is 0.200. The van der Waals surface area contributed by atoms with Crippen LogP contribution in [0.2, 0.25) is 0 Å². The summed E-state index contributed by atoms with van der Waals surface area (Å²) in [5.74, 6) is 0.509. The second-order valence-electron chi connectivity index (χ2n) is 1.68. The van der Waals surface area contributed by atoms with E-state index in [1.54, 1.807) is 13.0 Å². The van der Waals surface area contributed by atoms with Crippen molar-refractivity contribution in [3.63, 3.8) is 0 Å². The van der Waals surface area contributed by atoms with Crippen LogP contribution in [0.5, 0.6) is 0 Å². The van der Waals surface area contributed by atoms with Crippen molar-refractivity contribution in [1.29, 1.82) is 0 Å². The molecule has 0 saturated carbocycles. The minimum Gasteiger partial charge on any atom is -0.402 e. The van der Waals surface area contributed by atoms with E-state index in [2.05, 4.69) is 14.7 Å². The molecule has 4 heteroatoms. The number of aromatic nitrogens is 2. The van der Waals surface area contributed by atoms with E-state index in [0.717, 1.165) is 0 Å². The molecule has 1 heterocycles. The Morgan fingerprint density at radius 2 is 2.67 bits per heavy atom. The molecule has 0 amide bonds. The van der Waals surface area contributed by atoms with Crippen LogP contribution in [-0.2, 0) is 0 Å². The highest BCUT2D eigenvalue weighted by molar-refractivity contribution is 5.41. The minimum absolute atomic E-state index is 0.509. The molecule has 1 rings (SSSR count). The van der Waals surface area contributed by atoms with Crippen molar-refractivity contribution in [3.8, 4) is 0 Å². The molecule has 0 aliphatic carbocycles. The Bertz CT molecular complexity index is 198. The Kier molecular flexibility index (Phi) is 1.48. The van der Waals surface area contributed by atoms with Crippen LogP contribution in [0.25, 0.3) is 6.08 Å². The summed E-state index contributed by atoms with van der Waals surface area (Å²) in [4.78, 5) is 3.72. The number of rotatable bonds is 1. The van der Waals surface area contributed by atoms with Crippen LogP contribution in [-0.4, -0.2) is 10.1 Å². The first-order valence-corrected chi connectivity index (χ1v) is 2.49. The van der Waals surface area contributed by atoms with Crippen LogP contribution in [0.3, 0.4) is 0 Å². The van der Waals surface area contributed by atoms with Gasteiger partial charge in [-0.05, 0) is 6.92 Å². The second kappa shape index (κ2) is 2.30. The molecule has 0 aromatic carbocycles. The van der Waals surface area contributed by atoms with Crippen molar-refractivity contribution in [3.05, 3.63) is 17.9 Å². The summed E-state index contributed by atoms with van der Waals surface area (Å²) in [6, 6.07) is 0. The maximum atomic E-state index is 5.32. The first-order chi connectivity index (χ1) is 4.29. The zero-order valence-electron chi connectivity index (χ0n) is 5.03. The first-order valence-electron chi connectivity index (χ1n) is 2.49. The molecular weight excluding hydrogens is 118 g/mol. The van der Waals surface area contributed by atoms with Crippen LogP contribution in [0, 0.1) is 0 Å². The third-order valence-electron chi connectivity index (χ3n) is 0.735. The summed E-state index contributed by atoms with van der Waals surface area (Å²) in [7, 11) is 0. The van der Waals surface area contributed by atoms with Crippen molar-refractivity contribution in [2.24, 2.45) is 5.73 Å². The molecule has 0 spiro atoms. The third-order valence-corrected chi connectivity index (χ3v) is 0.735. The van der Waals surface area contributed by atoms with Gasteiger partial charge in [0, 0.05) is 11.8 Å². The van der Waals surface area contributed by atoms with Crippen LogP contribution >= 0.6 is 0 Å². The number of hydrogen-bond donors (Lipinski definition) is 1. The molecule has 1 aromatic rings. The highest BCUT2D eigenvalue weighted by atomic mass is 16.5. The van der Waals surface area contributed by atoms with E-state index in [1.165, 1.54) is 6.39 Å². The van der Waals surface area contributed by atoms with E-state index in [-0.39, 0.29) is 0 Å². The fourth-order valence-electron chi connectivity index (χ4n) is 0.446. The number of allylic oxidation sites excluding steroid dienone is 1. The smallest absolute Gasteiger partial charge is 0.214 e. The summed E-state index contributed by atoms with van der Waals surface area (Å²) in [5.41, 5.74) is 5.99. The van der Waals surface area contributed by atoms with Gasteiger partial charge in [-0.15, -0.1) is 0 Å². The SMILES string of the molecule is C/C(N)=C\c1ncon1. The van der Waals surface area contributed by atoms with Gasteiger partial charge >= 0.3 is 0 Å². The minimum atomic E-state index is 0.509. The highest BCUT2D eigenvalue weighted by Gasteiger charge is 1.89. The Morgan fingerprint density at radius 3 is 3.11 bits per heavy atom. The summed E-state index contributed by atoms with van der Waals surface area (Å²) >= 11 is 0. The van der Waals surface area contributed by atoms with Crippen LogP contribution < -0.4 is 5.73 Å². The van der Waals surface area contributed by atoms with Crippen molar-refractivity contribution >= 4 is 6.08 Å². The third kappa shape index (κ3) is 1.56. The van der Waals surface area contributed by atoms with Gasteiger partial charge in [-0.2, -0.15) is 4.98 Å². The van der Waals surface area contributed by atoms with E-state index < -0.39 is 0 Å². The van der Waals surface area contributed by atoms with Crippen molar-refractivity contribution in [2.45, 2.75) is 6.92 Å². The zero-order valence-corrected chi connectivity index (χ0v) is 5.03. The molecule has 0 bridgehead atoms. The van der Waals surface area contributed by atoms with Gasteiger partial charge in [-0.3, -0.25) is 0 Å². The van der Waals surface area contributed by atoms with Crippen molar-refractivity contribution in [2.75, 3.05) is 0 Å². The topological polar surface area (TPSA) is 64.9 Å². The van der Waals surface area contributed by atoms with E-state index in [9.17, 15) is 0 Å². The molecule has 0 atom stereocenters. The summed E-state index contributed by atoms with van der Waals surface area (Å²) in [5, 5.41) is 3.51. The fourth-order valence-corrected chi connectivity index (χ4v) is 0.446. The van der Waals surface area contributed by atoms with Gasteiger partial charge in [0.15, 0.2) is 5.82 Å². The van der Waals surface area contributed by atoms with Gasteiger partial charge in [0.1, 0.15) is 0 Å². The molecule has 4 nitrogen and oxygen atoms in total. The maximum Gasteiger partial charge on any atom is 0.214 e. The molecular formula is C5H7N3O. The Hall–Kier alpha value is -1.32. The van der Waals surface area contributed by atoms with Crippen molar-refractivity contribution in [1.82, 2.24) is 10.1 Å². The van der Waals surface area contributed by atoms with E-state index in [1.807, 2.05) is 0 Å². The lowest BCUT2D eigenvalue weighted by molar-refractivity contribution is 0.415. The standard InChI is InChI=1S/C5H7N3O/c1-4(6)2-5-7-3-9-8-5/h2-3H,6H2,1H3/b4-2+. The van der Waals surface area contributed by atoms with Gasteiger partial charge in [-0.1, -0.05) is 5.16 Å². The number of nitrogens with zero attached hydrogens (tertiary/aromatic N) is 2. The van der Waals surface area contributed by atoms with Gasteiger partial charge < -0.3 is 10.3 Å². The predicted octanol–water partition coefficient (Wildman–Crippen LogP) is 0.389. The molecule has 1 aromatic heterocycles. The molecule has 0 unspecified atom stereocenters. The molecule has 0 radical (unpaired) electrons. The Morgan fingerprint density at radius 1 is 1.89 bits per heavy atom. The molecule has 0 fully saturated rings. The molecule has 48 valence electrons. The van der Waals surface area contributed by atoms with Gasteiger partial charge in [-0.25, -0.2) is 0 Å². The largest absolute Gasteiger partial charge is 0.402 e. The van der Waals surface area contributed by atoms with E-state index in [4.69, 9.17) is 5.73 Å². The highest BCUT2D eigenvalue weighted by Crippen LogP contribution is 1.93. The van der Waals surface area contributed by atoms with Crippen LogP contribution in [0.4, 0.5) is 0 Å². The quantitative estimate of drug-likeness (QED) is 0.589. The lowest BCUT2D eigenvalue weighted by atomic mass is 10.4. The van der Waals surface area contributed by atoms with Crippen LogP contribution in [0.1, 0.15) is 12.7 Å². The average Bonchev–Trinajstić information content (AvgIpc) is 2.15. The summed E-state index contributed by atoms with van der Waals surface area (Å²) < 4.78 is 4.45. The van der Waals surface area contributed by atoms with Gasteiger partial charge in [0.05, 0.1) is 0 Å². The van der Waals surface area contributed by atoms with E-state index in [0.29, 0.717) is 11.5 Å². The molecule has 9 heavy (non-hydrogen) atoms. The first kappa shape index (κ1) is 5.81. The van der Waals surface area contributed by atoms with Crippen molar-refractivity contribution < 1.29 is 4.52 Å². The van der Waals surface area contributed by atoms with E-state index >= 15 is 0 Å². The second-order valence-corrected chi connectivity index (χ2v) is 1.68. The van der Waals surface area contributed by atoms with Crippen LogP contribution in [0.15, 0.2) is 16.6 Å². The van der Waals surface area contributed by atoms with Gasteiger partial charge in [0.25, 0.3) is 0 Å². The molecule has 0 aliphatic heterocycles. The average molecular weight is 125 g/mol. The number of nitrogens with two attached hydrogens (primary N) is 1. The zero-order chi connectivity index (χ0) is 6.69. The predicted molar refractivity (Wildman–Crippen MR) is 32.1 cm³/mol. The molecule has 0 aliphatic rings. The lowest BCUT2D eigenvalue weighted by Crippen LogP contribution is -1.89. The number of hydrogen-bond acceptors (Lipinski definition) is 4. The Balaban J connectivity index is 2.80. The monoisotopic (exact) mass is 125 g/mol. The lowest BCUT2D eigenvalue weighted by Gasteiger charge is -1.82. The normalized spacial score (nSPS) is 11.9. The van der Waals surface area contributed by atoms with Gasteiger partial charge in [0.2, 0.25) is 6.39 Å². The molecule has 0 saturated heterocycles. The summed E-state index contributed by atoms with van der Waals surface area (Å²) in [6.07, 6.45) is 2.89. The summed E-state index contributed by atoms with van der Waals surface area (Å²) in [6.45, 7) is 1.76. The maximum absolute atomic E-state index is 5.32. The Labute approximate surface area is 52.4 Å².